The van der Waals surface area contributed by atoms with Crippen molar-refractivity contribution < 1.29 is 4.74 Å². The molecule has 1 saturated heterocycles. The quantitative estimate of drug-likeness (QED) is 0.379. The van der Waals surface area contributed by atoms with Crippen LogP contribution >= 0.6 is 0 Å². The first-order valence-electron chi connectivity index (χ1n) is 10.9. The van der Waals surface area contributed by atoms with Crippen molar-refractivity contribution in [2.24, 2.45) is 4.99 Å². The molecular formula is C24H35N5O. The molecule has 0 saturated carbocycles. The zero-order chi connectivity index (χ0) is 21.0. The third-order valence-corrected chi connectivity index (χ3v) is 5.42. The molecule has 162 valence electrons. The van der Waals surface area contributed by atoms with Crippen molar-refractivity contribution in [3.8, 4) is 0 Å². The zero-order valence-electron chi connectivity index (χ0n) is 18.3. The summed E-state index contributed by atoms with van der Waals surface area (Å²) in [6.07, 6.45) is 0. The third kappa shape index (κ3) is 6.75. The molecule has 1 heterocycles. The van der Waals surface area contributed by atoms with E-state index >= 15 is 0 Å². The van der Waals surface area contributed by atoms with Gasteiger partial charge in [-0.25, -0.2) is 0 Å². The van der Waals surface area contributed by atoms with Gasteiger partial charge in [0, 0.05) is 65.2 Å². The summed E-state index contributed by atoms with van der Waals surface area (Å²) >= 11 is 0. The van der Waals surface area contributed by atoms with Crippen molar-refractivity contribution in [3.05, 3.63) is 65.7 Å². The van der Waals surface area contributed by atoms with E-state index in [-0.39, 0.29) is 0 Å². The normalized spacial score (nSPS) is 15.3. The molecule has 0 amide bonds. The predicted molar refractivity (Wildman–Crippen MR) is 125 cm³/mol. The maximum atomic E-state index is 5.38. The number of aliphatic imine (C=N–C) groups is 1. The summed E-state index contributed by atoms with van der Waals surface area (Å²) in [5.74, 6) is 0.806. The maximum Gasteiger partial charge on any atom is 0.191 e. The number of benzene rings is 2. The van der Waals surface area contributed by atoms with Crippen LogP contribution in [0.1, 0.15) is 18.1 Å². The highest BCUT2D eigenvalue weighted by molar-refractivity contribution is 5.79. The highest BCUT2D eigenvalue weighted by Gasteiger charge is 2.18. The van der Waals surface area contributed by atoms with Crippen molar-refractivity contribution in [1.29, 1.82) is 0 Å². The molecule has 6 nitrogen and oxygen atoms in total. The Morgan fingerprint density at radius 1 is 0.933 bits per heavy atom. The lowest BCUT2D eigenvalue weighted by atomic mass is 10.1. The van der Waals surface area contributed by atoms with E-state index in [4.69, 9.17) is 4.74 Å². The SMILES string of the molecule is CCOCCNC(=NC)NCc1ccccc1CN1CCN(c2ccccc2)CC1. The molecule has 3 rings (SSSR count). The predicted octanol–water partition coefficient (Wildman–Crippen LogP) is 2.71. The van der Waals surface area contributed by atoms with E-state index in [1.54, 1.807) is 7.05 Å². The van der Waals surface area contributed by atoms with E-state index in [1.165, 1.54) is 16.8 Å². The second-order valence-electron chi connectivity index (χ2n) is 7.42. The summed E-state index contributed by atoms with van der Waals surface area (Å²) in [6.45, 7) is 10.2. The van der Waals surface area contributed by atoms with Crippen LogP contribution in [0.4, 0.5) is 5.69 Å². The average Bonchev–Trinajstić information content (AvgIpc) is 2.80. The number of rotatable bonds is 9. The van der Waals surface area contributed by atoms with Crippen LogP contribution in [0.2, 0.25) is 0 Å². The van der Waals surface area contributed by atoms with Gasteiger partial charge < -0.3 is 20.3 Å². The van der Waals surface area contributed by atoms with Gasteiger partial charge in [0.2, 0.25) is 0 Å². The van der Waals surface area contributed by atoms with Gasteiger partial charge in [-0.2, -0.15) is 0 Å². The number of nitrogens with one attached hydrogen (secondary N) is 2. The Morgan fingerprint density at radius 3 is 2.33 bits per heavy atom. The Balaban J connectivity index is 1.49. The first-order valence-corrected chi connectivity index (χ1v) is 10.9. The Kier molecular flexibility index (Phi) is 9.00. The van der Waals surface area contributed by atoms with E-state index in [0.29, 0.717) is 6.61 Å². The molecule has 6 heteroatoms. The van der Waals surface area contributed by atoms with Gasteiger partial charge in [-0.3, -0.25) is 9.89 Å². The van der Waals surface area contributed by atoms with Crippen molar-refractivity contribution in [1.82, 2.24) is 15.5 Å². The number of hydrogen-bond acceptors (Lipinski definition) is 4. The van der Waals surface area contributed by atoms with Gasteiger partial charge in [0.05, 0.1) is 6.61 Å². The molecule has 30 heavy (non-hydrogen) atoms. The van der Waals surface area contributed by atoms with Gasteiger partial charge >= 0.3 is 0 Å². The lowest BCUT2D eigenvalue weighted by Gasteiger charge is -2.36. The Labute approximate surface area is 180 Å². The van der Waals surface area contributed by atoms with E-state index in [0.717, 1.165) is 58.4 Å². The topological polar surface area (TPSA) is 52.1 Å². The molecule has 0 bridgehead atoms. The molecule has 0 unspecified atom stereocenters. The molecule has 0 radical (unpaired) electrons. The number of para-hydroxylation sites is 1. The van der Waals surface area contributed by atoms with Gasteiger partial charge in [-0.1, -0.05) is 42.5 Å². The second kappa shape index (κ2) is 12.2. The number of ether oxygens (including phenoxy) is 1. The van der Waals surface area contributed by atoms with Crippen molar-refractivity contribution in [2.75, 3.05) is 57.9 Å². The standard InChI is InChI=1S/C24H35N5O/c1-3-30-18-13-26-24(25-2)27-19-21-9-7-8-10-22(21)20-28-14-16-29(17-15-28)23-11-5-4-6-12-23/h4-12H,3,13-20H2,1-2H3,(H2,25,26,27). The van der Waals surface area contributed by atoms with Crippen LogP contribution in [-0.4, -0.2) is 63.8 Å². The zero-order valence-corrected chi connectivity index (χ0v) is 18.3. The van der Waals surface area contributed by atoms with E-state index in [9.17, 15) is 0 Å². The third-order valence-electron chi connectivity index (χ3n) is 5.42. The Morgan fingerprint density at radius 2 is 1.63 bits per heavy atom. The van der Waals surface area contributed by atoms with Crippen LogP contribution in [0.5, 0.6) is 0 Å². The van der Waals surface area contributed by atoms with Gasteiger partial charge in [-0.05, 0) is 30.2 Å². The fraction of sp³-hybridized carbons (Fsp3) is 0.458. The number of anilines is 1. The minimum Gasteiger partial charge on any atom is -0.380 e. The first kappa shape index (κ1) is 22.1. The lowest BCUT2D eigenvalue weighted by Crippen LogP contribution is -2.46. The molecule has 2 aromatic carbocycles. The largest absolute Gasteiger partial charge is 0.380 e. The lowest BCUT2D eigenvalue weighted by molar-refractivity contribution is 0.152. The average molecular weight is 410 g/mol. The molecule has 2 aromatic rings. The molecule has 1 aliphatic rings. The highest BCUT2D eigenvalue weighted by atomic mass is 16.5. The summed E-state index contributed by atoms with van der Waals surface area (Å²) < 4.78 is 5.38. The molecule has 1 aliphatic heterocycles. The number of hydrogen-bond donors (Lipinski definition) is 2. The van der Waals surface area contributed by atoms with E-state index in [1.807, 2.05) is 6.92 Å². The van der Waals surface area contributed by atoms with Crippen LogP contribution in [-0.2, 0) is 17.8 Å². The Bertz CT molecular complexity index is 772. The summed E-state index contributed by atoms with van der Waals surface area (Å²) in [5, 5.41) is 6.72. The van der Waals surface area contributed by atoms with Gasteiger partial charge in [-0.15, -0.1) is 0 Å². The van der Waals surface area contributed by atoms with E-state index < -0.39 is 0 Å². The minimum absolute atomic E-state index is 0.683. The molecular weight excluding hydrogens is 374 g/mol. The van der Waals surface area contributed by atoms with Crippen LogP contribution in [0.3, 0.4) is 0 Å². The van der Waals surface area contributed by atoms with Crippen LogP contribution in [0, 0.1) is 0 Å². The van der Waals surface area contributed by atoms with Crippen LogP contribution < -0.4 is 15.5 Å². The van der Waals surface area contributed by atoms with Gasteiger partial charge in [0.15, 0.2) is 5.96 Å². The van der Waals surface area contributed by atoms with Gasteiger partial charge in [0.1, 0.15) is 0 Å². The number of piperazine rings is 1. The molecule has 2 N–H and O–H groups in total. The minimum atomic E-state index is 0.683. The highest BCUT2D eigenvalue weighted by Crippen LogP contribution is 2.18. The molecule has 0 aromatic heterocycles. The smallest absolute Gasteiger partial charge is 0.191 e. The second-order valence-corrected chi connectivity index (χ2v) is 7.42. The summed E-state index contributed by atoms with van der Waals surface area (Å²) in [6, 6.07) is 19.4. The molecule has 0 atom stereocenters. The van der Waals surface area contributed by atoms with Crippen molar-refractivity contribution in [2.45, 2.75) is 20.0 Å². The maximum absolute atomic E-state index is 5.38. The van der Waals surface area contributed by atoms with Crippen molar-refractivity contribution >= 4 is 11.6 Å². The van der Waals surface area contributed by atoms with E-state index in [2.05, 4.69) is 80.0 Å². The first-order chi connectivity index (χ1) is 14.8. The molecule has 0 spiro atoms. The fourth-order valence-electron chi connectivity index (χ4n) is 3.71. The van der Waals surface area contributed by atoms with Crippen LogP contribution in [0.25, 0.3) is 0 Å². The Hall–Kier alpha value is -2.57. The molecule has 0 aliphatic carbocycles. The van der Waals surface area contributed by atoms with Gasteiger partial charge in [0.25, 0.3) is 0 Å². The number of guanidine groups is 1. The summed E-state index contributed by atoms with van der Waals surface area (Å²) in [7, 11) is 1.80. The summed E-state index contributed by atoms with van der Waals surface area (Å²) in [4.78, 5) is 9.33. The monoisotopic (exact) mass is 409 g/mol. The van der Waals surface area contributed by atoms with Crippen LogP contribution in [0.15, 0.2) is 59.6 Å². The van der Waals surface area contributed by atoms with Crippen molar-refractivity contribution in [3.63, 3.8) is 0 Å². The number of nitrogens with zero attached hydrogens (tertiary/aromatic N) is 3. The fourth-order valence-corrected chi connectivity index (χ4v) is 3.71. The summed E-state index contributed by atoms with van der Waals surface area (Å²) in [5.41, 5.74) is 4.02. The molecule has 1 fully saturated rings.